The SMILES string of the molecule is CCCc1ccc(C(=O)CCCCCC(=O)OCC)cc1. The van der Waals surface area contributed by atoms with Crippen molar-refractivity contribution in [2.45, 2.75) is 58.8 Å². The van der Waals surface area contributed by atoms with E-state index in [2.05, 4.69) is 6.92 Å². The fraction of sp³-hybridized carbons (Fsp3) is 0.556. The average molecular weight is 290 g/mol. The van der Waals surface area contributed by atoms with Crippen molar-refractivity contribution in [3.8, 4) is 0 Å². The van der Waals surface area contributed by atoms with E-state index in [4.69, 9.17) is 4.74 Å². The number of carbonyl (C=O) groups is 2. The molecule has 3 nitrogen and oxygen atoms in total. The van der Waals surface area contributed by atoms with E-state index < -0.39 is 0 Å². The molecule has 0 aliphatic carbocycles. The molecule has 1 aromatic rings. The molecule has 0 bridgehead atoms. The van der Waals surface area contributed by atoms with Gasteiger partial charge in [-0.3, -0.25) is 9.59 Å². The normalized spacial score (nSPS) is 10.4. The average Bonchev–Trinajstić information content (AvgIpc) is 2.48. The second-order valence-electron chi connectivity index (χ2n) is 5.24. The highest BCUT2D eigenvalue weighted by Gasteiger charge is 2.06. The fourth-order valence-electron chi connectivity index (χ4n) is 2.26. The third-order valence-corrected chi connectivity index (χ3v) is 3.40. The van der Waals surface area contributed by atoms with Crippen molar-refractivity contribution in [1.29, 1.82) is 0 Å². The Morgan fingerprint density at radius 2 is 1.62 bits per heavy atom. The van der Waals surface area contributed by atoms with Gasteiger partial charge in [0.2, 0.25) is 0 Å². The molecule has 21 heavy (non-hydrogen) atoms. The van der Waals surface area contributed by atoms with Crippen LogP contribution in [0.3, 0.4) is 0 Å². The van der Waals surface area contributed by atoms with Gasteiger partial charge in [0.15, 0.2) is 5.78 Å². The quantitative estimate of drug-likeness (QED) is 0.366. The number of unbranched alkanes of at least 4 members (excludes halogenated alkanes) is 2. The van der Waals surface area contributed by atoms with Gasteiger partial charge in [0.1, 0.15) is 0 Å². The van der Waals surface area contributed by atoms with Gasteiger partial charge in [-0.2, -0.15) is 0 Å². The highest BCUT2D eigenvalue weighted by atomic mass is 16.5. The molecule has 0 fully saturated rings. The number of benzene rings is 1. The Kier molecular flexibility index (Phi) is 8.41. The lowest BCUT2D eigenvalue weighted by atomic mass is 10.0. The van der Waals surface area contributed by atoms with Crippen LogP contribution >= 0.6 is 0 Å². The molecule has 1 aromatic carbocycles. The molecule has 116 valence electrons. The van der Waals surface area contributed by atoms with Crippen molar-refractivity contribution in [1.82, 2.24) is 0 Å². The Morgan fingerprint density at radius 1 is 0.952 bits per heavy atom. The summed E-state index contributed by atoms with van der Waals surface area (Å²) in [6.07, 6.45) is 5.69. The van der Waals surface area contributed by atoms with Crippen LogP contribution < -0.4 is 0 Å². The Labute approximate surface area is 127 Å². The number of rotatable bonds is 10. The summed E-state index contributed by atoms with van der Waals surface area (Å²) in [6, 6.07) is 7.92. The zero-order valence-electron chi connectivity index (χ0n) is 13.2. The van der Waals surface area contributed by atoms with E-state index in [-0.39, 0.29) is 11.8 Å². The van der Waals surface area contributed by atoms with Crippen LogP contribution in [0.5, 0.6) is 0 Å². The maximum Gasteiger partial charge on any atom is 0.305 e. The van der Waals surface area contributed by atoms with Gasteiger partial charge in [-0.15, -0.1) is 0 Å². The van der Waals surface area contributed by atoms with Crippen molar-refractivity contribution in [3.05, 3.63) is 35.4 Å². The van der Waals surface area contributed by atoms with Crippen LogP contribution in [0.25, 0.3) is 0 Å². The van der Waals surface area contributed by atoms with Crippen molar-refractivity contribution < 1.29 is 14.3 Å². The molecule has 0 spiro atoms. The van der Waals surface area contributed by atoms with Crippen LogP contribution in [0.4, 0.5) is 0 Å². The molecule has 0 radical (unpaired) electrons. The molecule has 3 heteroatoms. The van der Waals surface area contributed by atoms with E-state index in [9.17, 15) is 9.59 Å². The number of hydrogen-bond acceptors (Lipinski definition) is 3. The van der Waals surface area contributed by atoms with Gasteiger partial charge < -0.3 is 4.74 Å². The van der Waals surface area contributed by atoms with Gasteiger partial charge in [0.25, 0.3) is 0 Å². The van der Waals surface area contributed by atoms with Gasteiger partial charge >= 0.3 is 5.97 Å². The van der Waals surface area contributed by atoms with Crippen LogP contribution in [0.2, 0.25) is 0 Å². The lowest BCUT2D eigenvalue weighted by Gasteiger charge is -2.04. The smallest absolute Gasteiger partial charge is 0.305 e. The summed E-state index contributed by atoms with van der Waals surface area (Å²) < 4.78 is 4.86. The zero-order valence-corrected chi connectivity index (χ0v) is 13.2. The molecule has 0 amide bonds. The van der Waals surface area contributed by atoms with Gasteiger partial charge in [-0.05, 0) is 31.7 Å². The van der Waals surface area contributed by atoms with Gasteiger partial charge in [-0.1, -0.05) is 44.0 Å². The van der Waals surface area contributed by atoms with E-state index in [1.165, 1.54) is 5.56 Å². The number of carbonyl (C=O) groups excluding carboxylic acids is 2. The first-order valence-electron chi connectivity index (χ1n) is 7.95. The van der Waals surface area contributed by atoms with Crippen molar-refractivity contribution in [3.63, 3.8) is 0 Å². The molecule has 0 aliphatic rings. The minimum atomic E-state index is -0.143. The first kappa shape index (κ1) is 17.4. The first-order chi connectivity index (χ1) is 10.2. The fourth-order valence-corrected chi connectivity index (χ4v) is 2.26. The number of ketones is 1. The molecule has 0 atom stereocenters. The van der Waals surface area contributed by atoms with Crippen molar-refractivity contribution in [2.24, 2.45) is 0 Å². The summed E-state index contributed by atoms with van der Waals surface area (Å²) in [5.41, 5.74) is 2.07. The third kappa shape index (κ3) is 7.07. The largest absolute Gasteiger partial charge is 0.466 e. The van der Waals surface area contributed by atoms with Crippen LogP contribution in [0, 0.1) is 0 Å². The van der Waals surface area contributed by atoms with E-state index in [1.807, 2.05) is 31.2 Å². The maximum atomic E-state index is 12.0. The van der Waals surface area contributed by atoms with Crippen LogP contribution in [0.15, 0.2) is 24.3 Å². The highest BCUT2D eigenvalue weighted by Crippen LogP contribution is 2.12. The molecule has 0 saturated heterocycles. The standard InChI is InChI=1S/C18H26O3/c1-3-8-15-11-13-16(14-12-15)17(19)9-6-5-7-10-18(20)21-4-2/h11-14H,3-10H2,1-2H3. The van der Waals surface area contributed by atoms with Crippen LogP contribution in [-0.2, 0) is 16.0 Å². The third-order valence-electron chi connectivity index (χ3n) is 3.40. The van der Waals surface area contributed by atoms with E-state index >= 15 is 0 Å². The Hall–Kier alpha value is -1.64. The summed E-state index contributed by atoms with van der Waals surface area (Å²) in [7, 11) is 0. The lowest BCUT2D eigenvalue weighted by Crippen LogP contribution is -2.03. The predicted molar refractivity (Wildman–Crippen MR) is 84.5 cm³/mol. The molecule has 0 unspecified atom stereocenters. The Bertz CT molecular complexity index is 434. The molecule has 1 rings (SSSR count). The molecule has 0 heterocycles. The van der Waals surface area contributed by atoms with E-state index in [0.29, 0.717) is 19.4 Å². The summed E-state index contributed by atoms with van der Waals surface area (Å²) in [4.78, 5) is 23.2. The summed E-state index contributed by atoms with van der Waals surface area (Å²) in [6.45, 7) is 4.39. The molecule has 0 aliphatic heterocycles. The number of esters is 1. The van der Waals surface area contributed by atoms with Crippen molar-refractivity contribution >= 4 is 11.8 Å². The highest BCUT2D eigenvalue weighted by molar-refractivity contribution is 5.96. The molecule has 0 saturated carbocycles. The number of ether oxygens (including phenoxy) is 1. The molecule has 0 N–H and O–H groups in total. The monoisotopic (exact) mass is 290 g/mol. The summed E-state index contributed by atoms with van der Waals surface area (Å²) in [5.74, 6) is 0.0459. The lowest BCUT2D eigenvalue weighted by molar-refractivity contribution is -0.143. The maximum absolute atomic E-state index is 12.0. The zero-order chi connectivity index (χ0) is 15.5. The van der Waals surface area contributed by atoms with E-state index in [1.54, 1.807) is 0 Å². The molecular weight excluding hydrogens is 264 g/mol. The summed E-state index contributed by atoms with van der Waals surface area (Å²) >= 11 is 0. The van der Waals surface area contributed by atoms with Crippen molar-refractivity contribution in [2.75, 3.05) is 6.61 Å². The van der Waals surface area contributed by atoms with Crippen LogP contribution in [-0.4, -0.2) is 18.4 Å². The summed E-state index contributed by atoms with van der Waals surface area (Å²) in [5, 5.41) is 0. The number of Topliss-reactive ketones (excluding diaryl/α,β-unsaturated/α-hetero) is 1. The van der Waals surface area contributed by atoms with Gasteiger partial charge in [-0.25, -0.2) is 0 Å². The second-order valence-corrected chi connectivity index (χ2v) is 5.24. The minimum Gasteiger partial charge on any atom is -0.466 e. The topological polar surface area (TPSA) is 43.4 Å². The number of aryl methyl sites for hydroxylation is 1. The van der Waals surface area contributed by atoms with Crippen LogP contribution in [0.1, 0.15) is 68.3 Å². The molecule has 0 aromatic heterocycles. The second kappa shape index (κ2) is 10.1. The Morgan fingerprint density at radius 3 is 2.24 bits per heavy atom. The van der Waals surface area contributed by atoms with E-state index in [0.717, 1.165) is 37.7 Å². The Balaban J connectivity index is 2.23. The predicted octanol–water partition coefficient (Wildman–Crippen LogP) is 4.34. The first-order valence-corrected chi connectivity index (χ1v) is 7.95. The minimum absolute atomic E-state index is 0.143. The van der Waals surface area contributed by atoms with Gasteiger partial charge in [0, 0.05) is 18.4 Å². The van der Waals surface area contributed by atoms with Gasteiger partial charge in [0.05, 0.1) is 6.61 Å². The molecular formula is C18H26O3. The number of hydrogen-bond donors (Lipinski definition) is 0.